The Balaban J connectivity index is 0. The standard InChI is InChI=1S/C14H27.C4H10.K/c1-10(2)8-13-7-6-12(5)14(13)9-11(3)4;1-4(2)3;/h7,10-14H,6,8-9H2,1-5H3;4H,1-3H3;/q-1;;+1/i6D;;. The summed E-state index contributed by atoms with van der Waals surface area (Å²) in [5.74, 6) is 4.39. The molecule has 0 bridgehead atoms. The van der Waals surface area contributed by atoms with Crippen LogP contribution in [0, 0.1) is 41.9 Å². The molecule has 0 spiro atoms. The molecular formula is C18H37K. The van der Waals surface area contributed by atoms with Gasteiger partial charge in [0.05, 0.1) is 0 Å². The van der Waals surface area contributed by atoms with Gasteiger partial charge in [0.1, 0.15) is 0 Å². The molecule has 0 aromatic carbocycles. The Kier molecular flexibility index (Phi) is 13.3. The Labute approximate surface area is 167 Å². The second kappa shape index (κ2) is 12.2. The van der Waals surface area contributed by atoms with Crippen molar-refractivity contribution in [2.45, 2.75) is 74.6 Å². The molecule has 0 N–H and O–H groups in total. The molecule has 0 aromatic heterocycles. The second-order valence-corrected chi connectivity index (χ2v) is 7.56. The maximum Gasteiger partial charge on any atom is 1.00 e. The van der Waals surface area contributed by atoms with E-state index in [1.54, 1.807) is 0 Å². The maximum absolute atomic E-state index is 8.03. The molecule has 4 unspecified atom stereocenters. The topological polar surface area (TPSA) is 0 Å². The monoisotopic (exact) mass is 293 g/mol. The van der Waals surface area contributed by atoms with Gasteiger partial charge in [0.15, 0.2) is 0 Å². The van der Waals surface area contributed by atoms with Crippen LogP contribution in [0.2, 0.25) is 0 Å². The van der Waals surface area contributed by atoms with E-state index < -0.39 is 0 Å². The molecule has 1 heteroatoms. The van der Waals surface area contributed by atoms with Crippen LogP contribution in [-0.4, -0.2) is 0 Å². The van der Waals surface area contributed by atoms with Crippen molar-refractivity contribution in [3.63, 3.8) is 0 Å². The molecule has 1 aliphatic carbocycles. The van der Waals surface area contributed by atoms with E-state index >= 15 is 0 Å². The Hall–Kier alpha value is 1.64. The molecule has 1 saturated carbocycles. The first-order valence-electron chi connectivity index (χ1n) is 8.50. The summed E-state index contributed by atoms with van der Waals surface area (Å²) in [7, 11) is 0. The SMILES string of the molecule is CC(C)C.[2H]C1[CH-]C(CC(C)C)C(CC(C)C)C1C.[K+]. The number of hydrogen-bond donors (Lipinski definition) is 0. The van der Waals surface area contributed by atoms with Crippen LogP contribution >= 0.6 is 0 Å². The summed E-state index contributed by atoms with van der Waals surface area (Å²) in [6.45, 7) is 18.0. The average molecular weight is 294 g/mol. The molecule has 0 amide bonds. The van der Waals surface area contributed by atoms with Gasteiger partial charge >= 0.3 is 51.4 Å². The quantitative estimate of drug-likeness (QED) is 0.551. The van der Waals surface area contributed by atoms with Gasteiger partial charge in [0.25, 0.3) is 0 Å². The molecule has 0 aromatic rings. The average Bonchev–Trinajstić information content (AvgIpc) is 2.43. The second-order valence-electron chi connectivity index (χ2n) is 7.56. The first-order chi connectivity index (χ1) is 8.65. The summed E-state index contributed by atoms with van der Waals surface area (Å²) in [6.07, 6.45) is 4.96. The first kappa shape index (κ1) is 20.6. The number of hydrogen-bond acceptors (Lipinski definition) is 0. The van der Waals surface area contributed by atoms with Gasteiger partial charge in [-0.1, -0.05) is 80.1 Å². The van der Waals surface area contributed by atoms with Crippen LogP contribution in [0.3, 0.4) is 0 Å². The first-order valence-corrected chi connectivity index (χ1v) is 7.92. The molecule has 0 radical (unpaired) electrons. The fourth-order valence-electron chi connectivity index (χ4n) is 2.72. The van der Waals surface area contributed by atoms with Gasteiger partial charge in [0, 0.05) is 0 Å². The van der Waals surface area contributed by atoms with Crippen molar-refractivity contribution < 1.29 is 52.8 Å². The van der Waals surface area contributed by atoms with Gasteiger partial charge in [0.2, 0.25) is 0 Å². The fraction of sp³-hybridized carbons (Fsp3) is 0.944. The van der Waals surface area contributed by atoms with Gasteiger partial charge < -0.3 is 6.42 Å². The Bertz CT molecular complexity index is 221. The molecule has 1 fully saturated rings. The van der Waals surface area contributed by atoms with Crippen molar-refractivity contribution in [1.29, 1.82) is 0 Å². The van der Waals surface area contributed by atoms with E-state index in [-0.39, 0.29) is 57.8 Å². The van der Waals surface area contributed by atoms with Gasteiger partial charge in [-0.2, -0.15) is 12.3 Å². The molecular weight excluding hydrogens is 255 g/mol. The van der Waals surface area contributed by atoms with E-state index in [1.807, 2.05) is 0 Å². The molecule has 19 heavy (non-hydrogen) atoms. The third-order valence-electron chi connectivity index (χ3n) is 3.37. The van der Waals surface area contributed by atoms with Crippen LogP contribution < -0.4 is 51.4 Å². The van der Waals surface area contributed by atoms with Crippen molar-refractivity contribution in [1.82, 2.24) is 0 Å². The van der Waals surface area contributed by atoms with Gasteiger partial charge in [-0.3, -0.25) is 0 Å². The zero-order chi connectivity index (χ0) is 15.2. The number of rotatable bonds is 4. The predicted octanol–water partition coefficient (Wildman–Crippen LogP) is 3.22. The normalized spacial score (nSPS) is 31.0. The molecule has 0 saturated heterocycles. The zero-order valence-corrected chi connectivity index (χ0v) is 18.2. The van der Waals surface area contributed by atoms with Crippen molar-refractivity contribution in [3.8, 4) is 0 Å². The van der Waals surface area contributed by atoms with Crippen molar-refractivity contribution >= 4 is 0 Å². The van der Waals surface area contributed by atoms with E-state index in [9.17, 15) is 0 Å². The van der Waals surface area contributed by atoms with Crippen LogP contribution in [-0.2, 0) is 0 Å². The Morgan fingerprint density at radius 1 is 1.00 bits per heavy atom. The molecule has 0 heterocycles. The van der Waals surface area contributed by atoms with E-state index in [0.29, 0.717) is 11.8 Å². The van der Waals surface area contributed by atoms with E-state index in [1.165, 1.54) is 12.8 Å². The summed E-state index contributed by atoms with van der Waals surface area (Å²) in [5, 5.41) is 0. The van der Waals surface area contributed by atoms with E-state index in [2.05, 4.69) is 61.8 Å². The summed E-state index contributed by atoms with van der Waals surface area (Å²) in [5.41, 5.74) is 0. The van der Waals surface area contributed by atoms with Gasteiger partial charge in [-0.05, 0) is 19.1 Å². The minimum absolute atomic E-state index is 0. The fourth-order valence-corrected chi connectivity index (χ4v) is 2.72. The summed E-state index contributed by atoms with van der Waals surface area (Å²) >= 11 is 0. The summed E-state index contributed by atoms with van der Waals surface area (Å²) in [4.78, 5) is 0. The van der Waals surface area contributed by atoms with Gasteiger partial charge in [-0.15, -0.1) is 0 Å². The maximum atomic E-state index is 8.03. The molecule has 1 rings (SSSR count). The van der Waals surface area contributed by atoms with E-state index in [0.717, 1.165) is 23.7 Å². The van der Waals surface area contributed by atoms with E-state index in [4.69, 9.17) is 1.37 Å². The zero-order valence-electron chi connectivity index (χ0n) is 16.0. The van der Waals surface area contributed by atoms with Crippen molar-refractivity contribution in [2.24, 2.45) is 35.5 Å². The van der Waals surface area contributed by atoms with Crippen LogP contribution in [0.1, 0.15) is 76.0 Å². The van der Waals surface area contributed by atoms with Crippen molar-refractivity contribution in [3.05, 3.63) is 6.42 Å². The molecule has 4 atom stereocenters. The third kappa shape index (κ3) is 11.9. The van der Waals surface area contributed by atoms with Crippen LogP contribution in [0.4, 0.5) is 0 Å². The molecule has 0 aliphatic heterocycles. The summed E-state index contributed by atoms with van der Waals surface area (Å²) in [6, 6.07) is 0. The molecule has 110 valence electrons. The largest absolute Gasteiger partial charge is 1.00 e. The van der Waals surface area contributed by atoms with Crippen molar-refractivity contribution in [2.75, 3.05) is 0 Å². The minimum atomic E-state index is 0. The third-order valence-corrected chi connectivity index (χ3v) is 3.37. The van der Waals surface area contributed by atoms with Crippen LogP contribution in [0.5, 0.6) is 0 Å². The minimum Gasteiger partial charge on any atom is -0.325 e. The molecule has 0 nitrogen and oxygen atoms in total. The smallest absolute Gasteiger partial charge is 0.325 e. The summed E-state index contributed by atoms with van der Waals surface area (Å²) < 4.78 is 8.03. The molecule has 1 aliphatic rings. The predicted molar refractivity (Wildman–Crippen MR) is 84.5 cm³/mol. The van der Waals surface area contributed by atoms with Crippen LogP contribution in [0.15, 0.2) is 0 Å². The Morgan fingerprint density at radius 3 is 1.79 bits per heavy atom. The van der Waals surface area contributed by atoms with Gasteiger partial charge in [-0.25, -0.2) is 0 Å². The Morgan fingerprint density at radius 2 is 1.42 bits per heavy atom. The van der Waals surface area contributed by atoms with Crippen LogP contribution in [0.25, 0.3) is 0 Å².